The van der Waals surface area contributed by atoms with Crippen molar-refractivity contribution in [3.8, 4) is 5.75 Å². The fourth-order valence-corrected chi connectivity index (χ4v) is 4.53. The van der Waals surface area contributed by atoms with Gasteiger partial charge in [-0.05, 0) is 37.1 Å². The summed E-state index contributed by atoms with van der Waals surface area (Å²) in [5, 5.41) is 11.5. The first-order valence-electron chi connectivity index (χ1n) is 10.4. The van der Waals surface area contributed by atoms with Gasteiger partial charge in [0.15, 0.2) is 0 Å². The molecule has 2 unspecified atom stereocenters. The van der Waals surface area contributed by atoms with E-state index in [1.807, 2.05) is 24.3 Å². The highest BCUT2D eigenvalue weighted by atomic mass is 32.2. The molecule has 170 valence electrons. The highest BCUT2D eigenvalue weighted by Gasteiger charge is 2.24. The minimum Gasteiger partial charge on any atom is -0.492 e. The van der Waals surface area contributed by atoms with E-state index >= 15 is 0 Å². The van der Waals surface area contributed by atoms with Crippen LogP contribution in [0, 0.1) is 5.92 Å². The highest BCUT2D eigenvalue weighted by molar-refractivity contribution is 7.85. The minimum atomic E-state index is -1.58. The van der Waals surface area contributed by atoms with E-state index in [9.17, 15) is 9.00 Å². The number of nitrogens with zero attached hydrogens (tertiary/aromatic N) is 3. The average Bonchev–Trinajstić information content (AvgIpc) is 2.81. The first-order chi connectivity index (χ1) is 15.5. The lowest BCUT2D eigenvalue weighted by Crippen LogP contribution is -2.38. The van der Waals surface area contributed by atoms with Gasteiger partial charge in [0.1, 0.15) is 23.1 Å². The number of benzene rings is 1. The van der Waals surface area contributed by atoms with Crippen molar-refractivity contribution in [3.05, 3.63) is 47.7 Å². The fraction of sp³-hybridized carbons (Fsp3) is 0.381. The van der Waals surface area contributed by atoms with Crippen molar-refractivity contribution in [3.63, 3.8) is 0 Å². The van der Waals surface area contributed by atoms with Crippen molar-refractivity contribution in [2.75, 3.05) is 42.5 Å². The van der Waals surface area contributed by atoms with Crippen LogP contribution in [0.1, 0.15) is 28.9 Å². The average molecular weight is 459 g/mol. The lowest BCUT2D eigenvalue weighted by atomic mass is 9.99. The number of ether oxygens (including phenoxy) is 1. The molecule has 1 saturated heterocycles. The minimum absolute atomic E-state index is 0.116. The van der Waals surface area contributed by atoms with Crippen molar-refractivity contribution >= 4 is 34.4 Å². The summed E-state index contributed by atoms with van der Waals surface area (Å²) >= 11 is -1.58. The van der Waals surface area contributed by atoms with Crippen molar-refractivity contribution in [2.24, 2.45) is 16.0 Å². The molecule has 2 aliphatic rings. The molecule has 0 aliphatic carbocycles. The Labute approximate surface area is 188 Å². The lowest BCUT2D eigenvalue weighted by Gasteiger charge is -2.33. The van der Waals surface area contributed by atoms with E-state index in [2.05, 4.69) is 24.3 Å². The monoisotopic (exact) mass is 458 g/mol. The number of aromatic nitrogens is 1. The molecule has 0 radical (unpaired) electrons. The molecule has 3 heterocycles. The van der Waals surface area contributed by atoms with E-state index in [0.717, 1.165) is 31.7 Å². The van der Waals surface area contributed by atoms with Crippen molar-refractivity contribution in [2.45, 2.75) is 12.8 Å². The number of amides is 1. The molecule has 2 atom stereocenters. The van der Waals surface area contributed by atoms with E-state index in [-0.39, 0.29) is 30.8 Å². The number of carbonyl (C=O) groups excluding carboxylic acids is 1. The summed E-state index contributed by atoms with van der Waals surface area (Å²) in [6.07, 6.45) is 1.99. The summed E-state index contributed by atoms with van der Waals surface area (Å²) in [6.45, 7) is 2.16. The third-order valence-corrected chi connectivity index (χ3v) is 6.10. The zero-order chi connectivity index (χ0) is 22.5. The predicted octanol–water partition coefficient (Wildman–Crippen LogP) is 0.809. The Hall–Kier alpha value is -3.18. The number of piperidine rings is 1. The number of aliphatic hydroxyl groups excluding tert-OH is 1. The van der Waals surface area contributed by atoms with Gasteiger partial charge >= 0.3 is 0 Å². The van der Waals surface area contributed by atoms with Gasteiger partial charge < -0.3 is 25.8 Å². The van der Waals surface area contributed by atoms with Crippen LogP contribution < -0.4 is 25.4 Å². The molecule has 0 saturated carbocycles. The van der Waals surface area contributed by atoms with Gasteiger partial charge in [-0.15, -0.1) is 0 Å². The lowest BCUT2D eigenvalue weighted by molar-refractivity contribution is 0.0940. The van der Waals surface area contributed by atoms with E-state index in [0.29, 0.717) is 29.3 Å². The molecule has 1 amide bonds. The maximum absolute atomic E-state index is 12.2. The number of aliphatic hydroxyl groups is 1. The topological polar surface area (TPSA) is 142 Å². The third kappa shape index (κ3) is 5.00. The van der Waals surface area contributed by atoms with Crippen LogP contribution in [0.3, 0.4) is 0 Å². The molecule has 5 N–H and O–H groups in total. The van der Waals surface area contributed by atoms with Gasteiger partial charge in [0.05, 0.1) is 24.5 Å². The number of hydrogen-bond acceptors (Lipinski definition) is 7. The SMILES string of the molecule is NC1=NS(=O)Nc2cccc(OCC3CCCN(c4cccc(C(=O)NCCO)n4)C3)c21. The maximum Gasteiger partial charge on any atom is 0.270 e. The van der Waals surface area contributed by atoms with Gasteiger partial charge in [-0.1, -0.05) is 12.1 Å². The van der Waals surface area contributed by atoms with Crippen LogP contribution >= 0.6 is 0 Å². The standard InChI is InChI=1S/C21H26N6O4S/c22-20-19-15(25-32(30)26-20)5-1-7-17(19)31-13-14-4-3-10-27(12-14)18-8-2-6-16(24-18)21(29)23-9-11-28/h1-2,5-8,14,25,28H,3-4,9-13H2,(H2,22,26)(H,23,29). The fourth-order valence-electron chi connectivity index (χ4n) is 3.86. The third-order valence-electron chi connectivity index (χ3n) is 5.34. The molecule has 0 spiro atoms. The molecule has 2 aliphatic heterocycles. The summed E-state index contributed by atoms with van der Waals surface area (Å²) in [5.74, 6) is 1.49. The summed E-state index contributed by atoms with van der Waals surface area (Å²) in [5.41, 5.74) is 7.58. The summed E-state index contributed by atoms with van der Waals surface area (Å²) in [4.78, 5) is 18.8. The van der Waals surface area contributed by atoms with Gasteiger partial charge in [-0.3, -0.25) is 9.52 Å². The predicted molar refractivity (Wildman–Crippen MR) is 123 cm³/mol. The largest absolute Gasteiger partial charge is 0.492 e. The Kier molecular flexibility index (Phi) is 6.86. The second-order valence-electron chi connectivity index (χ2n) is 7.63. The summed E-state index contributed by atoms with van der Waals surface area (Å²) in [7, 11) is 0. The number of nitrogens with one attached hydrogen (secondary N) is 2. The zero-order valence-electron chi connectivity index (χ0n) is 17.5. The number of pyridine rings is 1. The molecule has 1 fully saturated rings. The van der Waals surface area contributed by atoms with E-state index < -0.39 is 11.2 Å². The van der Waals surface area contributed by atoms with Gasteiger partial charge in [0, 0.05) is 25.6 Å². The van der Waals surface area contributed by atoms with Gasteiger partial charge in [0.25, 0.3) is 5.91 Å². The Balaban J connectivity index is 1.41. The number of rotatable bonds is 7. The highest BCUT2D eigenvalue weighted by Crippen LogP contribution is 2.30. The first-order valence-corrected chi connectivity index (χ1v) is 11.6. The van der Waals surface area contributed by atoms with Crippen LogP contribution in [-0.2, 0) is 11.2 Å². The molecule has 32 heavy (non-hydrogen) atoms. The molecular formula is C21H26N6O4S. The van der Waals surface area contributed by atoms with Crippen LogP contribution in [0.5, 0.6) is 5.75 Å². The normalized spacial score (nSPS) is 20.0. The van der Waals surface area contributed by atoms with E-state index in [4.69, 9.17) is 15.6 Å². The Morgan fingerprint density at radius 2 is 2.19 bits per heavy atom. The van der Waals surface area contributed by atoms with Crippen molar-refractivity contribution in [1.29, 1.82) is 0 Å². The second kappa shape index (κ2) is 9.96. The molecule has 1 aromatic heterocycles. The number of nitrogens with two attached hydrogens (primary N) is 1. The van der Waals surface area contributed by atoms with Crippen LogP contribution in [-0.4, -0.2) is 58.9 Å². The second-order valence-corrected chi connectivity index (χ2v) is 8.52. The smallest absolute Gasteiger partial charge is 0.270 e. The molecule has 1 aromatic carbocycles. The molecule has 10 nitrogen and oxygen atoms in total. The van der Waals surface area contributed by atoms with E-state index in [1.54, 1.807) is 12.1 Å². The summed E-state index contributed by atoms with van der Waals surface area (Å²) in [6, 6.07) is 10.8. The maximum atomic E-state index is 12.2. The van der Waals surface area contributed by atoms with Gasteiger partial charge in [-0.25, -0.2) is 9.19 Å². The van der Waals surface area contributed by atoms with E-state index in [1.165, 1.54) is 0 Å². The van der Waals surface area contributed by atoms with Gasteiger partial charge in [-0.2, -0.15) is 4.40 Å². The molecular weight excluding hydrogens is 432 g/mol. The summed E-state index contributed by atoms with van der Waals surface area (Å²) < 4.78 is 24.5. The number of carbonyl (C=O) groups is 1. The Morgan fingerprint density at radius 3 is 3.03 bits per heavy atom. The van der Waals surface area contributed by atoms with Crippen molar-refractivity contribution < 1.29 is 18.8 Å². The quantitative estimate of drug-likeness (QED) is 0.481. The molecule has 2 aromatic rings. The van der Waals surface area contributed by atoms with Crippen molar-refractivity contribution in [1.82, 2.24) is 10.3 Å². The van der Waals surface area contributed by atoms with Crippen LogP contribution in [0.2, 0.25) is 0 Å². The Bertz CT molecular complexity index is 1050. The Morgan fingerprint density at radius 1 is 1.34 bits per heavy atom. The molecule has 11 heteroatoms. The van der Waals surface area contributed by atoms with Crippen LogP contribution in [0.25, 0.3) is 0 Å². The van der Waals surface area contributed by atoms with Gasteiger partial charge in [0.2, 0.25) is 11.2 Å². The number of fused-ring (bicyclic) bond motifs is 1. The molecule has 0 bridgehead atoms. The zero-order valence-corrected chi connectivity index (χ0v) is 18.3. The molecule has 4 rings (SSSR count). The van der Waals surface area contributed by atoms with Crippen LogP contribution in [0.15, 0.2) is 40.8 Å². The number of hydrogen-bond donors (Lipinski definition) is 4. The van der Waals surface area contributed by atoms with Crippen LogP contribution in [0.4, 0.5) is 11.5 Å². The number of anilines is 2. The number of amidine groups is 1. The first kappa shape index (κ1) is 22.0.